The highest BCUT2D eigenvalue weighted by atomic mass is 19.4. The van der Waals surface area contributed by atoms with Gasteiger partial charge in [-0.1, -0.05) is 30.3 Å². The predicted molar refractivity (Wildman–Crippen MR) is 48.9 cm³/mol. The second-order valence-corrected chi connectivity index (χ2v) is 3.14. The molecule has 0 aromatic heterocycles. The lowest BCUT2D eigenvalue weighted by molar-refractivity contribution is -0.210. The lowest BCUT2D eigenvalue weighted by Gasteiger charge is -2.09. The first-order valence-corrected chi connectivity index (χ1v) is 4.39. The molecule has 2 rings (SSSR count). The number of hydrogen-bond donors (Lipinski definition) is 0. The van der Waals surface area contributed by atoms with E-state index in [1.165, 1.54) is 12.1 Å². The molecule has 16 heavy (non-hydrogen) atoms. The number of benzene rings is 1. The van der Waals surface area contributed by atoms with Crippen molar-refractivity contribution in [2.75, 3.05) is 0 Å². The monoisotopic (exact) mass is 229 g/mol. The smallest absolute Gasteiger partial charge is 0.425 e. The Balaban J connectivity index is 2.33. The van der Waals surface area contributed by atoms with Gasteiger partial charge in [0.1, 0.15) is 0 Å². The summed E-state index contributed by atoms with van der Waals surface area (Å²) in [5.74, 6) is -1.05. The maximum atomic E-state index is 12.2. The third kappa shape index (κ3) is 1.91. The fourth-order valence-corrected chi connectivity index (χ4v) is 1.28. The Morgan fingerprint density at radius 1 is 1.19 bits per heavy atom. The van der Waals surface area contributed by atoms with Crippen molar-refractivity contribution >= 4 is 11.7 Å². The van der Waals surface area contributed by atoms with Crippen LogP contribution in [0.5, 0.6) is 0 Å². The number of halogens is 3. The summed E-state index contributed by atoms with van der Waals surface area (Å²) in [5, 5.41) is 0. The van der Waals surface area contributed by atoms with Gasteiger partial charge in [0.05, 0.1) is 0 Å². The molecule has 1 aliphatic rings. The van der Waals surface area contributed by atoms with E-state index in [9.17, 15) is 18.0 Å². The molecule has 1 unspecified atom stereocenters. The fourth-order valence-electron chi connectivity index (χ4n) is 1.28. The summed E-state index contributed by atoms with van der Waals surface area (Å²) >= 11 is 0. The van der Waals surface area contributed by atoms with E-state index < -0.39 is 18.4 Å². The Morgan fingerprint density at radius 3 is 2.31 bits per heavy atom. The zero-order valence-electron chi connectivity index (χ0n) is 7.86. The third-order valence-corrected chi connectivity index (χ3v) is 1.99. The van der Waals surface area contributed by atoms with Crippen LogP contribution in [0.3, 0.4) is 0 Å². The Bertz CT molecular complexity index is 439. The largest absolute Gasteiger partial charge is 0.447 e. The van der Waals surface area contributed by atoms with E-state index in [1.807, 2.05) is 0 Å². The van der Waals surface area contributed by atoms with Gasteiger partial charge in [-0.3, -0.25) is 0 Å². The van der Waals surface area contributed by atoms with E-state index in [4.69, 9.17) is 0 Å². The molecular formula is C10H6F3NO2. The quantitative estimate of drug-likeness (QED) is 0.690. The molecule has 0 N–H and O–H groups in total. The molecule has 0 saturated carbocycles. The molecule has 0 bridgehead atoms. The summed E-state index contributed by atoms with van der Waals surface area (Å²) < 4.78 is 40.8. The summed E-state index contributed by atoms with van der Waals surface area (Å²) in [6, 6.07) is 7.89. The van der Waals surface area contributed by atoms with Crippen molar-refractivity contribution in [3.63, 3.8) is 0 Å². The van der Waals surface area contributed by atoms with Gasteiger partial charge in [-0.05, 0) is 0 Å². The predicted octanol–water partition coefficient (Wildman–Crippen LogP) is 1.92. The second-order valence-electron chi connectivity index (χ2n) is 3.14. The summed E-state index contributed by atoms with van der Waals surface area (Å²) in [5.41, 5.74) is 0.0298. The van der Waals surface area contributed by atoms with E-state index in [-0.39, 0.29) is 5.71 Å². The van der Waals surface area contributed by atoms with Gasteiger partial charge in [-0.2, -0.15) is 13.2 Å². The zero-order chi connectivity index (χ0) is 11.8. The second kappa shape index (κ2) is 3.62. The van der Waals surface area contributed by atoms with E-state index in [1.54, 1.807) is 18.2 Å². The van der Waals surface area contributed by atoms with Crippen LogP contribution in [0.4, 0.5) is 13.2 Å². The highest BCUT2D eigenvalue weighted by molar-refractivity contribution is 6.44. The summed E-state index contributed by atoms with van der Waals surface area (Å²) in [6.07, 6.45) is -7.04. The Labute approximate surface area is 88.6 Å². The van der Waals surface area contributed by atoms with Gasteiger partial charge >= 0.3 is 12.1 Å². The van der Waals surface area contributed by atoms with Gasteiger partial charge < -0.3 is 4.74 Å². The molecule has 1 atom stereocenters. The molecule has 6 heteroatoms. The lowest BCUT2D eigenvalue weighted by Crippen LogP contribution is -2.27. The number of hydrogen-bond acceptors (Lipinski definition) is 3. The molecule has 0 spiro atoms. The standard InChI is InChI=1S/C10H6F3NO2/c11-10(12,13)9-14-7(8(15)16-9)6-4-2-1-3-5-6/h1-5,9H. The van der Waals surface area contributed by atoms with E-state index in [2.05, 4.69) is 9.73 Å². The van der Waals surface area contributed by atoms with Crippen LogP contribution < -0.4 is 0 Å². The first-order chi connectivity index (χ1) is 7.48. The minimum Gasteiger partial charge on any atom is -0.425 e. The molecule has 0 saturated heterocycles. The number of cyclic esters (lactones) is 1. The van der Waals surface area contributed by atoms with E-state index >= 15 is 0 Å². The maximum absolute atomic E-state index is 12.2. The van der Waals surface area contributed by atoms with Crippen LogP contribution in [-0.2, 0) is 9.53 Å². The van der Waals surface area contributed by atoms with Crippen molar-refractivity contribution in [2.24, 2.45) is 4.99 Å². The van der Waals surface area contributed by atoms with Gasteiger partial charge in [-0.25, -0.2) is 9.79 Å². The molecule has 0 aliphatic carbocycles. The summed E-state index contributed by atoms with van der Waals surface area (Å²) in [6.45, 7) is 0. The van der Waals surface area contributed by atoms with Crippen molar-refractivity contribution in [3.8, 4) is 0 Å². The number of carbonyl (C=O) groups excluding carboxylic acids is 1. The van der Waals surface area contributed by atoms with Crippen molar-refractivity contribution in [3.05, 3.63) is 35.9 Å². The van der Waals surface area contributed by atoms with Crippen LogP contribution in [-0.4, -0.2) is 24.1 Å². The van der Waals surface area contributed by atoms with Crippen LogP contribution in [0.1, 0.15) is 5.56 Å². The number of aliphatic imine (C=N–C) groups is 1. The molecule has 84 valence electrons. The zero-order valence-corrected chi connectivity index (χ0v) is 7.86. The van der Waals surface area contributed by atoms with Gasteiger partial charge in [0.2, 0.25) is 0 Å². The minimum absolute atomic E-state index is 0.289. The van der Waals surface area contributed by atoms with Gasteiger partial charge in [0.15, 0.2) is 5.71 Å². The van der Waals surface area contributed by atoms with Crippen molar-refractivity contribution in [1.29, 1.82) is 0 Å². The van der Waals surface area contributed by atoms with Gasteiger partial charge in [-0.15, -0.1) is 0 Å². The Kier molecular flexibility index (Phi) is 2.41. The summed E-state index contributed by atoms with van der Waals surface area (Å²) in [4.78, 5) is 14.4. The van der Waals surface area contributed by atoms with Crippen LogP contribution in [0.25, 0.3) is 0 Å². The molecular weight excluding hydrogens is 223 g/mol. The van der Waals surface area contributed by atoms with Gasteiger partial charge in [0.25, 0.3) is 6.23 Å². The third-order valence-electron chi connectivity index (χ3n) is 1.99. The average Bonchev–Trinajstić information content (AvgIpc) is 2.61. The number of esters is 1. The van der Waals surface area contributed by atoms with Crippen LogP contribution in [0.2, 0.25) is 0 Å². The van der Waals surface area contributed by atoms with Gasteiger partial charge in [0, 0.05) is 5.56 Å². The van der Waals surface area contributed by atoms with E-state index in [0.717, 1.165) is 0 Å². The van der Waals surface area contributed by atoms with Crippen LogP contribution in [0, 0.1) is 0 Å². The number of carbonyl (C=O) groups is 1. The number of alkyl halides is 3. The molecule has 1 aromatic rings. The summed E-state index contributed by atoms with van der Waals surface area (Å²) in [7, 11) is 0. The SMILES string of the molecule is O=C1OC(C(F)(F)F)N=C1c1ccccc1. The van der Waals surface area contributed by atoms with E-state index in [0.29, 0.717) is 5.56 Å². The first kappa shape index (κ1) is 10.7. The molecule has 0 fully saturated rings. The molecule has 3 nitrogen and oxygen atoms in total. The Morgan fingerprint density at radius 2 is 1.81 bits per heavy atom. The topological polar surface area (TPSA) is 38.7 Å². The van der Waals surface area contributed by atoms with Crippen molar-refractivity contribution < 1.29 is 22.7 Å². The van der Waals surface area contributed by atoms with Crippen molar-refractivity contribution in [2.45, 2.75) is 12.4 Å². The van der Waals surface area contributed by atoms with Crippen molar-refractivity contribution in [1.82, 2.24) is 0 Å². The average molecular weight is 229 g/mol. The lowest BCUT2D eigenvalue weighted by atomic mass is 10.1. The highest BCUT2D eigenvalue weighted by Crippen LogP contribution is 2.28. The molecule has 1 heterocycles. The number of nitrogens with zero attached hydrogens (tertiary/aromatic N) is 1. The molecule has 1 aromatic carbocycles. The normalized spacial score (nSPS) is 20.6. The number of ether oxygens (including phenoxy) is 1. The van der Waals surface area contributed by atoms with Crippen LogP contribution >= 0.6 is 0 Å². The fraction of sp³-hybridized carbons (Fsp3) is 0.200. The molecule has 1 aliphatic heterocycles. The maximum Gasteiger partial charge on any atom is 0.447 e. The minimum atomic E-state index is -4.66. The number of rotatable bonds is 1. The Hall–Kier alpha value is -1.85. The van der Waals surface area contributed by atoms with Crippen LogP contribution in [0.15, 0.2) is 35.3 Å². The first-order valence-electron chi connectivity index (χ1n) is 4.39. The molecule has 0 amide bonds. The molecule has 0 radical (unpaired) electrons. The highest BCUT2D eigenvalue weighted by Gasteiger charge is 2.47.